The average Bonchev–Trinajstić information content (AvgIpc) is 3.27. The summed E-state index contributed by atoms with van der Waals surface area (Å²) < 4.78 is 0. The lowest BCUT2D eigenvalue weighted by Crippen LogP contribution is -2.40. The number of carboxylic acids is 1. The molecule has 1 saturated heterocycles. The summed E-state index contributed by atoms with van der Waals surface area (Å²) in [6.45, 7) is 3.16. The van der Waals surface area contributed by atoms with Gasteiger partial charge in [-0.3, -0.25) is 14.4 Å². The maximum absolute atomic E-state index is 12.6. The van der Waals surface area contributed by atoms with Crippen molar-refractivity contribution in [3.05, 3.63) is 35.4 Å². The van der Waals surface area contributed by atoms with Gasteiger partial charge in [-0.25, -0.2) is 0 Å². The number of likely N-dealkylation sites (tertiary alicyclic amines) is 1. The van der Waals surface area contributed by atoms with Crippen LogP contribution in [0, 0.1) is 11.3 Å². The molecule has 0 aromatic heterocycles. The zero-order chi connectivity index (χ0) is 17.3. The predicted molar refractivity (Wildman–Crippen MR) is 87.3 cm³/mol. The third-order valence-electron chi connectivity index (χ3n) is 5.28. The van der Waals surface area contributed by atoms with Crippen LogP contribution in [0.15, 0.2) is 24.3 Å². The van der Waals surface area contributed by atoms with Crippen LogP contribution in [0.3, 0.4) is 0 Å². The maximum Gasteiger partial charge on any atom is 0.307 e. The fraction of sp³-hybridized carbons (Fsp3) is 0.500. The number of carbonyl (C=O) groups excluding carboxylic acids is 2. The zero-order valence-electron chi connectivity index (χ0n) is 13.7. The van der Waals surface area contributed by atoms with E-state index in [0.717, 1.165) is 24.8 Å². The second-order valence-corrected chi connectivity index (χ2v) is 6.86. The van der Waals surface area contributed by atoms with Crippen molar-refractivity contribution in [1.29, 1.82) is 0 Å². The Bertz CT molecular complexity index is 660. The molecule has 2 N–H and O–H groups in total. The van der Waals surface area contributed by atoms with Crippen molar-refractivity contribution in [2.24, 2.45) is 11.3 Å². The summed E-state index contributed by atoms with van der Waals surface area (Å²) >= 11 is 0. The van der Waals surface area contributed by atoms with Gasteiger partial charge < -0.3 is 15.3 Å². The quantitative estimate of drug-likeness (QED) is 0.879. The second-order valence-electron chi connectivity index (χ2n) is 6.86. The minimum Gasteiger partial charge on any atom is -0.481 e. The van der Waals surface area contributed by atoms with E-state index >= 15 is 0 Å². The Morgan fingerprint density at radius 3 is 2.33 bits per heavy atom. The molecule has 3 rings (SSSR count). The Morgan fingerprint density at radius 1 is 1.21 bits per heavy atom. The smallest absolute Gasteiger partial charge is 0.307 e. The molecule has 24 heavy (non-hydrogen) atoms. The number of hydrogen-bond acceptors (Lipinski definition) is 3. The largest absolute Gasteiger partial charge is 0.481 e. The molecule has 1 unspecified atom stereocenters. The third kappa shape index (κ3) is 3.27. The van der Waals surface area contributed by atoms with Gasteiger partial charge in [-0.05, 0) is 42.4 Å². The molecule has 1 saturated carbocycles. The first-order valence-corrected chi connectivity index (χ1v) is 8.27. The van der Waals surface area contributed by atoms with Crippen LogP contribution in [-0.4, -0.2) is 40.9 Å². The summed E-state index contributed by atoms with van der Waals surface area (Å²) in [5.74, 6) is -1.02. The summed E-state index contributed by atoms with van der Waals surface area (Å²) in [5, 5.41) is 11.8. The van der Waals surface area contributed by atoms with Crippen LogP contribution in [0.4, 0.5) is 0 Å². The predicted octanol–water partition coefficient (Wildman–Crippen LogP) is 1.65. The molecule has 1 aliphatic carbocycles. The van der Waals surface area contributed by atoms with Crippen LogP contribution >= 0.6 is 0 Å². The Morgan fingerprint density at radius 2 is 1.83 bits per heavy atom. The molecule has 1 heterocycles. The van der Waals surface area contributed by atoms with E-state index in [0.29, 0.717) is 25.2 Å². The number of amides is 2. The molecule has 1 aliphatic heterocycles. The van der Waals surface area contributed by atoms with E-state index in [-0.39, 0.29) is 23.1 Å². The van der Waals surface area contributed by atoms with Crippen molar-refractivity contribution < 1.29 is 19.5 Å². The third-order valence-corrected chi connectivity index (χ3v) is 5.28. The number of aliphatic carboxylic acids is 1. The van der Waals surface area contributed by atoms with Gasteiger partial charge in [0, 0.05) is 32.1 Å². The van der Waals surface area contributed by atoms with Gasteiger partial charge in [0.15, 0.2) is 0 Å². The molecular formula is C18H22N2O4. The highest BCUT2D eigenvalue weighted by Crippen LogP contribution is 2.59. The molecule has 6 nitrogen and oxygen atoms in total. The molecule has 1 aromatic carbocycles. The Labute approximate surface area is 140 Å². The van der Waals surface area contributed by atoms with Crippen molar-refractivity contribution in [3.63, 3.8) is 0 Å². The number of carboxylic acid groups (broad SMARTS) is 1. The van der Waals surface area contributed by atoms with Crippen LogP contribution < -0.4 is 5.32 Å². The molecule has 2 aliphatic rings. The highest BCUT2D eigenvalue weighted by molar-refractivity contribution is 5.94. The minimum atomic E-state index is -0.704. The number of rotatable bonds is 4. The van der Waals surface area contributed by atoms with E-state index in [2.05, 4.69) is 5.32 Å². The SMILES string of the molecule is CC(=O)NCc1ccc(C(=O)N2CCC3(CC2)CC3C(=O)O)cc1. The van der Waals surface area contributed by atoms with Gasteiger partial charge in [-0.2, -0.15) is 0 Å². The summed E-state index contributed by atoms with van der Waals surface area (Å²) in [5.41, 5.74) is 1.51. The van der Waals surface area contributed by atoms with Crippen LogP contribution in [0.2, 0.25) is 0 Å². The van der Waals surface area contributed by atoms with E-state index in [1.165, 1.54) is 6.92 Å². The Kier molecular flexibility index (Phi) is 4.30. The van der Waals surface area contributed by atoms with Gasteiger partial charge in [0.2, 0.25) is 5.91 Å². The number of piperidine rings is 1. The fourth-order valence-corrected chi connectivity index (χ4v) is 3.58. The molecule has 0 bridgehead atoms. The molecule has 128 valence electrons. The Hall–Kier alpha value is -2.37. The van der Waals surface area contributed by atoms with Gasteiger partial charge >= 0.3 is 5.97 Å². The first-order chi connectivity index (χ1) is 11.4. The number of nitrogens with one attached hydrogen (secondary N) is 1. The van der Waals surface area contributed by atoms with Gasteiger partial charge in [0.25, 0.3) is 5.91 Å². The number of carbonyl (C=O) groups is 3. The highest BCUT2D eigenvalue weighted by Gasteiger charge is 2.59. The lowest BCUT2D eigenvalue weighted by molar-refractivity contribution is -0.139. The molecule has 2 amide bonds. The maximum atomic E-state index is 12.6. The lowest BCUT2D eigenvalue weighted by Gasteiger charge is -2.32. The Balaban J connectivity index is 1.56. The molecule has 1 atom stereocenters. The minimum absolute atomic E-state index is 0.0107. The van der Waals surface area contributed by atoms with Crippen LogP contribution in [-0.2, 0) is 16.1 Å². The second kappa shape index (κ2) is 6.26. The topological polar surface area (TPSA) is 86.7 Å². The van der Waals surface area contributed by atoms with E-state index in [4.69, 9.17) is 5.11 Å². The molecule has 2 fully saturated rings. The summed E-state index contributed by atoms with van der Waals surface area (Å²) in [4.78, 5) is 36.4. The van der Waals surface area contributed by atoms with Gasteiger partial charge in [-0.1, -0.05) is 12.1 Å². The highest BCUT2D eigenvalue weighted by atomic mass is 16.4. The standard InChI is InChI=1S/C18H22N2O4/c1-12(21)19-11-13-2-4-14(5-3-13)16(22)20-8-6-18(7-9-20)10-15(18)17(23)24/h2-5,15H,6-11H2,1H3,(H,19,21)(H,23,24). The van der Waals surface area contributed by atoms with E-state index in [1.807, 2.05) is 17.0 Å². The molecule has 0 radical (unpaired) electrons. The number of benzene rings is 1. The van der Waals surface area contributed by atoms with Crippen LogP contribution in [0.5, 0.6) is 0 Å². The first-order valence-electron chi connectivity index (χ1n) is 8.27. The van der Waals surface area contributed by atoms with Crippen molar-refractivity contribution in [2.75, 3.05) is 13.1 Å². The van der Waals surface area contributed by atoms with Crippen LogP contribution in [0.1, 0.15) is 42.1 Å². The number of nitrogens with zero attached hydrogens (tertiary/aromatic N) is 1. The van der Waals surface area contributed by atoms with E-state index < -0.39 is 5.97 Å². The average molecular weight is 330 g/mol. The number of hydrogen-bond donors (Lipinski definition) is 2. The van der Waals surface area contributed by atoms with Crippen molar-refractivity contribution in [1.82, 2.24) is 10.2 Å². The van der Waals surface area contributed by atoms with E-state index in [1.54, 1.807) is 12.1 Å². The zero-order valence-corrected chi connectivity index (χ0v) is 13.7. The van der Waals surface area contributed by atoms with Gasteiger partial charge in [0.05, 0.1) is 5.92 Å². The molecule has 6 heteroatoms. The van der Waals surface area contributed by atoms with Crippen molar-refractivity contribution >= 4 is 17.8 Å². The van der Waals surface area contributed by atoms with Crippen molar-refractivity contribution in [2.45, 2.75) is 32.7 Å². The van der Waals surface area contributed by atoms with Crippen molar-refractivity contribution in [3.8, 4) is 0 Å². The monoisotopic (exact) mass is 330 g/mol. The van der Waals surface area contributed by atoms with Gasteiger partial charge in [-0.15, -0.1) is 0 Å². The summed E-state index contributed by atoms with van der Waals surface area (Å²) in [6.07, 6.45) is 2.30. The fourth-order valence-electron chi connectivity index (χ4n) is 3.58. The van der Waals surface area contributed by atoms with Gasteiger partial charge in [0.1, 0.15) is 0 Å². The first kappa shape index (κ1) is 16.5. The normalized spacial score (nSPS) is 21.4. The lowest BCUT2D eigenvalue weighted by atomic mass is 9.90. The summed E-state index contributed by atoms with van der Waals surface area (Å²) in [6, 6.07) is 7.24. The molecule has 1 spiro atoms. The summed E-state index contributed by atoms with van der Waals surface area (Å²) in [7, 11) is 0. The molecular weight excluding hydrogens is 308 g/mol. The van der Waals surface area contributed by atoms with Crippen LogP contribution in [0.25, 0.3) is 0 Å². The molecule has 1 aromatic rings. The van der Waals surface area contributed by atoms with E-state index in [9.17, 15) is 14.4 Å².